The van der Waals surface area contributed by atoms with Crippen LogP contribution in [-0.2, 0) is 16.1 Å². The van der Waals surface area contributed by atoms with Crippen LogP contribution in [0.1, 0.15) is 24.1 Å². The Hall–Kier alpha value is -1.40. The van der Waals surface area contributed by atoms with Crippen LogP contribution in [-0.4, -0.2) is 53.8 Å². The van der Waals surface area contributed by atoms with Crippen molar-refractivity contribution in [3.63, 3.8) is 0 Å². The molecule has 0 spiro atoms. The third kappa shape index (κ3) is 3.63. The van der Waals surface area contributed by atoms with Gasteiger partial charge in [0.25, 0.3) is 0 Å². The third-order valence-electron chi connectivity index (χ3n) is 4.15. The molecule has 0 bridgehead atoms. The van der Waals surface area contributed by atoms with Crippen molar-refractivity contribution >= 4 is 23.2 Å². The smallest absolute Gasteiger partial charge is 0.245 e. The predicted molar refractivity (Wildman–Crippen MR) is 82.0 cm³/mol. The molecule has 2 aliphatic rings. The summed E-state index contributed by atoms with van der Waals surface area (Å²) in [5, 5.41) is 4.88. The summed E-state index contributed by atoms with van der Waals surface area (Å²) in [6, 6.07) is 3.95. The van der Waals surface area contributed by atoms with Crippen LogP contribution in [0.4, 0.5) is 0 Å². The Morgan fingerprint density at radius 2 is 2.24 bits per heavy atom. The van der Waals surface area contributed by atoms with Crippen LogP contribution in [0, 0.1) is 0 Å². The minimum atomic E-state index is -0.290. The van der Waals surface area contributed by atoms with E-state index in [-0.39, 0.29) is 17.9 Å². The highest BCUT2D eigenvalue weighted by Crippen LogP contribution is 2.15. The average Bonchev–Trinajstić information content (AvgIpc) is 3.07. The molecule has 5 nitrogen and oxygen atoms in total. The highest BCUT2D eigenvalue weighted by molar-refractivity contribution is 7.09. The second kappa shape index (κ2) is 6.58. The van der Waals surface area contributed by atoms with Gasteiger partial charge in [0.2, 0.25) is 11.8 Å². The molecule has 0 aromatic carbocycles. The summed E-state index contributed by atoms with van der Waals surface area (Å²) >= 11 is 1.78. The van der Waals surface area contributed by atoms with E-state index in [1.165, 1.54) is 4.88 Å². The largest absolute Gasteiger partial charge is 0.344 e. The summed E-state index contributed by atoms with van der Waals surface area (Å²) < 4.78 is 0. The van der Waals surface area contributed by atoms with Crippen LogP contribution in [0.3, 0.4) is 0 Å². The van der Waals surface area contributed by atoms with E-state index in [2.05, 4.69) is 27.7 Å². The minimum absolute atomic E-state index is 0.00231. The van der Waals surface area contributed by atoms with Gasteiger partial charge in [-0.2, -0.15) is 0 Å². The lowest BCUT2D eigenvalue weighted by molar-refractivity contribution is -0.134. The predicted octanol–water partition coefficient (Wildman–Crippen LogP) is 1.06. The van der Waals surface area contributed by atoms with E-state index >= 15 is 0 Å². The first-order valence-electron chi connectivity index (χ1n) is 7.55. The lowest BCUT2D eigenvalue weighted by atomic mass is 10.2. The van der Waals surface area contributed by atoms with E-state index in [1.807, 2.05) is 4.90 Å². The van der Waals surface area contributed by atoms with Crippen molar-refractivity contribution in [2.24, 2.45) is 0 Å². The number of nitrogens with one attached hydrogen (secondary N) is 1. The number of hydrogen-bond acceptors (Lipinski definition) is 4. The van der Waals surface area contributed by atoms with Crippen molar-refractivity contribution in [2.45, 2.75) is 31.8 Å². The van der Waals surface area contributed by atoms with Crippen molar-refractivity contribution in [1.82, 2.24) is 15.1 Å². The molecule has 2 amide bonds. The van der Waals surface area contributed by atoms with Crippen molar-refractivity contribution < 1.29 is 9.59 Å². The number of hydrogen-bond donors (Lipinski definition) is 1. The van der Waals surface area contributed by atoms with Gasteiger partial charge in [-0.3, -0.25) is 14.5 Å². The van der Waals surface area contributed by atoms with Crippen LogP contribution < -0.4 is 5.32 Å². The van der Waals surface area contributed by atoms with Crippen LogP contribution in [0.25, 0.3) is 0 Å². The highest BCUT2D eigenvalue weighted by atomic mass is 32.1. The zero-order valence-corrected chi connectivity index (χ0v) is 12.9. The molecule has 0 radical (unpaired) electrons. The molecule has 114 valence electrons. The standard InChI is InChI=1S/C15H21N3O2S/c19-14-5-4-13(16-14)15(20)18-7-2-6-17(8-9-18)11-12-3-1-10-21-12/h1,3,10,13H,2,4-9,11H2,(H,16,19)/t13-/m0/s1. The molecule has 1 N–H and O–H groups in total. The monoisotopic (exact) mass is 307 g/mol. The Bertz CT molecular complexity index is 503. The van der Waals surface area contributed by atoms with E-state index in [9.17, 15) is 9.59 Å². The summed E-state index contributed by atoms with van der Waals surface area (Å²) in [6.07, 6.45) is 2.12. The summed E-state index contributed by atoms with van der Waals surface area (Å²) in [5.41, 5.74) is 0. The van der Waals surface area contributed by atoms with Gasteiger partial charge in [-0.1, -0.05) is 6.07 Å². The molecular weight excluding hydrogens is 286 g/mol. The topological polar surface area (TPSA) is 52.7 Å². The Kier molecular flexibility index (Phi) is 4.55. The number of carbonyl (C=O) groups excluding carboxylic acids is 2. The molecule has 6 heteroatoms. The molecule has 0 unspecified atom stereocenters. The lowest BCUT2D eigenvalue weighted by Crippen LogP contribution is -2.45. The lowest BCUT2D eigenvalue weighted by Gasteiger charge is -2.24. The molecule has 21 heavy (non-hydrogen) atoms. The Morgan fingerprint density at radius 3 is 2.95 bits per heavy atom. The average molecular weight is 307 g/mol. The molecule has 3 rings (SSSR count). The first-order valence-corrected chi connectivity index (χ1v) is 8.43. The first-order chi connectivity index (χ1) is 10.2. The summed E-state index contributed by atoms with van der Waals surface area (Å²) in [4.78, 5) is 29.4. The molecule has 1 aromatic rings. The van der Waals surface area contributed by atoms with Gasteiger partial charge in [0.15, 0.2) is 0 Å². The fourth-order valence-electron chi connectivity index (χ4n) is 2.99. The van der Waals surface area contributed by atoms with Gasteiger partial charge in [0.05, 0.1) is 0 Å². The van der Waals surface area contributed by atoms with Gasteiger partial charge in [-0.05, 0) is 24.3 Å². The van der Waals surface area contributed by atoms with Gasteiger partial charge < -0.3 is 10.2 Å². The van der Waals surface area contributed by atoms with Crippen LogP contribution in [0.15, 0.2) is 17.5 Å². The summed E-state index contributed by atoms with van der Waals surface area (Å²) in [6.45, 7) is 4.46. The van der Waals surface area contributed by atoms with E-state index in [0.29, 0.717) is 12.8 Å². The second-order valence-electron chi connectivity index (χ2n) is 5.69. The van der Waals surface area contributed by atoms with Crippen LogP contribution >= 0.6 is 11.3 Å². The molecule has 2 fully saturated rings. The van der Waals surface area contributed by atoms with Crippen molar-refractivity contribution in [1.29, 1.82) is 0 Å². The number of nitrogens with zero attached hydrogens (tertiary/aromatic N) is 2. The van der Waals surface area contributed by atoms with E-state index in [1.54, 1.807) is 11.3 Å². The minimum Gasteiger partial charge on any atom is -0.344 e. The van der Waals surface area contributed by atoms with Crippen molar-refractivity contribution in [3.8, 4) is 0 Å². The van der Waals surface area contributed by atoms with Gasteiger partial charge in [0, 0.05) is 44.0 Å². The molecule has 0 aliphatic carbocycles. The third-order valence-corrected chi connectivity index (χ3v) is 5.01. The SMILES string of the molecule is O=C1CC[C@@H](C(=O)N2CCCN(Cc3cccs3)CC2)N1. The maximum Gasteiger partial charge on any atom is 0.245 e. The summed E-state index contributed by atoms with van der Waals surface area (Å²) in [5.74, 6) is 0.0984. The fraction of sp³-hybridized carbons (Fsp3) is 0.600. The fourth-order valence-corrected chi connectivity index (χ4v) is 3.74. The number of thiophene rings is 1. The van der Waals surface area contributed by atoms with Crippen LogP contribution in [0.5, 0.6) is 0 Å². The van der Waals surface area contributed by atoms with E-state index < -0.39 is 0 Å². The number of carbonyl (C=O) groups is 2. The van der Waals surface area contributed by atoms with Gasteiger partial charge >= 0.3 is 0 Å². The molecule has 1 atom stereocenters. The number of amides is 2. The van der Waals surface area contributed by atoms with Gasteiger partial charge in [-0.25, -0.2) is 0 Å². The second-order valence-corrected chi connectivity index (χ2v) is 6.73. The maximum atomic E-state index is 12.4. The Morgan fingerprint density at radius 1 is 1.33 bits per heavy atom. The molecule has 2 aliphatic heterocycles. The van der Waals surface area contributed by atoms with Crippen molar-refractivity contribution in [2.75, 3.05) is 26.2 Å². The Labute approximate surface area is 128 Å². The molecule has 1 aromatic heterocycles. The molecule has 3 heterocycles. The first kappa shape index (κ1) is 14.5. The number of rotatable bonds is 3. The molecule has 2 saturated heterocycles. The van der Waals surface area contributed by atoms with Crippen LogP contribution in [0.2, 0.25) is 0 Å². The van der Waals surface area contributed by atoms with Gasteiger partial charge in [0.1, 0.15) is 6.04 Å². The maximum absolute atomic E-state index is 12.4. The molecule has 0 saturated carbocycles. The quantitative estimate of drug-likeness (QED) is 0.908. The molecular formula is C15H21N3O2S. The Balaban J connectivity index is 1.53. The van der Waals surface area contributed by atoms with E-state index in [4.69, 9.17) is 0 Å². The highest BCUT2D eigenvalue weighted by Gasteiger charge is 2.31. The summed E-state index contributed by atoms with van der Waals surface area (Å²) in [7, 11) is 0. The zero-order valence-electron chi connectivity index (χ0n) is 12.1. The normalized spacial score (nSPS) is 23.9. The van der Waals surface area contributed by atoms with E-state index in [0.717, 1.165) is 39.1 Å². The van der Waals surface area contributed by atoms with Gasteiger partial charge in [-0.15, -0.1) is 11.3 Å². The van der Waals surface area contributed by atoms with Crippen molar-refractivity contribution in [3.05, 3.63) is 22.4 Å². The zero-order chi connectivity index (χ0) is 14.7.